The maximum atomic E-state index is 13.5. The van der Waals surface area contributed by atoms with Gasteiger partial charge in [0, 0.05) is 6.42 Å². The van der Waals surface area contributed by atoms with Crippen molar-refractivity contribution in [3.05, 3.63) is 48.6 Å². The maximum absolute atomic E-state index is 13.5. The van der Waals surface area contributed by atoms with E-state index < -0.39 is 124 Å². The zero-order chi connectivity index (χ0) is 78.8. The van der Waals surface area contributed by atoms with Gasteiger partial charge in [0.15, 0.2) is 18.9 Å². The van der Waals surface area contributed by atoms with E-state index in [2.05, 4.69) is 55.6 Å². The molecule has 3 aliphatic rings. The van der Waals surface area contributed by atoms with Crippen molar-refractivity contribution in [2.75, 3.05) is 26.4 Å². The molecule has 0 aliphatic carbocycles. The van der Waals surface area contributed by atoms with E-state index in [1.807, 2.05) is 6.08 Å². The third-order valence-electron chi connectivity index (χ3n) is 22.6. The van der Waals surface area contributed by atoms with Gasteiger partial charge in [0.2, 0.25) is 5.91 Å². The van der Waals surface area contributed by atoms with Crippen molar-refractivity contribution >= 4 is 5.91 Å². The van der Waals surface area contributed by atoms with Crippen LogP contribution in [0.1, 0.15) is 386 Å². The van der Waals surface area contributed by atoms with Gasteiger partial charge >= 0.3 is 0 Å². The van der Waals surface area contributed by atoms with Gasteiger partial charge in [0.25, 0.3) is 0 Å². The average molecular weight is 1550 g/mol. The SMILES string of the molecule is CCCCCCC/C=C\C/C=C\CCCCCCCCCCCCCCCCCCCCCCCCCCCCCC(=O)NC(COC1OC(CO)C(OC2OC(CO)C(OC3OC(CO)C(O)C(O)C3O)C(O)C2O)C(O)C1O)C(O)/C=C/CC/C=C/CCCCCCCCCCCCCCCCCCCCC. The Bertz CT molecular complexity index is 2150. The second-order valence-electron chi connectivity index (χ2n) is 32.4. The summed E-state index contributed by atoms with van der Waals surface area (Å²) in [5.74, 6) is -0.277. The highest BCUT2D eigenvalue weighted by atomic mass is 16.8. The van der Waals surface area contributed by atoms with Crippen LogP contribution in [0.2, 0.25) is 0 Å². The molecule has 12 N–H and O–H groups in total. The van der Waals surface area contributed by atoms with Crippen molar-refractivity contribution in [3.8, 4) is 0 Å². The molecule has 19 heteroatoms. The van der Waals surface area contributed by atoms with Gasteiger partial charge in [-0.2, -0.15) is 0 Å². The first-order chi connectivity index (χ1) is 53.3. The molecule has 0 aromatic carbocycles. The van der Waals surface area contributed by atoms with Crippen LogP contribution in [-0.2, 0) is 33.2 Å². The Balaban J connectivity index is 1.31. The summed E-state index contributed by atoms with van der Waals surface area (Å²) in [6.07, 6.45) is 64.2. The minimum absolute atomic E-state index is 0.239. The number of carbonyl (C=O) groups excluding carboxylic acids is 1. The fourth-order valence-corrected chi connectivity index (χ4v) is 15.4. The number of nitrogens with one attached hydrogen (secondary N) is 1. The minimum Gasteiger partial charge on any atom is -0.394 e. The number of unbranched alkanes of at least 4 members (excludes halogenated alkanes) is 52. The summed E-state index contributed by atoms with van der Waals surface area (Å²) in [4.78, 5) is 13.5. The van der Waals surface area contributed by atoms with E-state index in [0.717, 1.165) is 44.9 Å². The normalized spacial score (nSPS) is 25.5. The Morgan fingerprint density at radius 1 is 0.330 bits per heavy atom. The first-order valence-corrected chi connectivity index (χ1v) is 45.4. The molecule has 3 rings (SSSR count). The van der Waals surface area contributed by atoms with Crippen molar-refractivity contribution < 1.29 is 89.4 Å². The molecule has 1 amide bonds. The van der Waals surface area contributed by atoms with Crippen LogP contribution >= 0.6 is 0 Å². The molecule has 3 saturated heterocycles. The lowest BCUT2D eigenvalue weighted by Crippen LogP contribution is -2.66. The van der Waals surface area contributed by atoms with E-state index in [-0.39, 0.29) is 18.9 Å². The zero-order valence-corrected chi connectivity index (χ0v) is 69.1. The predicted octanol–water partition coefficient (Wildman–Crippen LogP) is 17.2. The molecule has 0 saturated carbocycles. The first-order valence-electron chi connectivity index (χ1n) is 45.4. The Kier molecular flexibility index (Phi) is 64.8. The van der Waals surface area contributed by atoms with Crippen LogP contribution < -0.4 is 5.32 Å². The Morgan fingerprint density at radius 3 is 0.972 bits per heavy atom. The van der Waals surface area contributed by atoms with Crippen LogP contribution in [0.15, 0.2) is 48.6 Å². The molecule has 109 heavy (non-hydrogen) atoms. The topological polar surface area (TPSA) is 307 Å². The molecule has 640 valence electrons. The van der Waals surface area contributed by atoms with Crippen LogP contribution in [0.4, 0.5) is 0 Å². The van der Waals surface area contributed by atoms with Crippen LogP contribution in [0.3, 0.4) is 0 Å². The molecule has 19 nitrogen and oxygen atoms in total. The summed E-state index contributed by atoms with van der Waals surface area (Å²) in [6, 6.07) is -0.991. The van der Waals surface area contributed by atoms with Crippen LogP contribution in [-0.4, -0.2) is 193 Å². The standard InChI is InChI=1S/C90H167NO18/c1-3-5-7-9-11-13-15-17-19-21-23-25-27-29-30-31-32-33-34-35-36-37-38-39-40-41-42-44-46-48-50-52-54-56-58-60-62-64-66-68-78(96)91-73(74(95)67-65-63-61-59-57-55-53-51-49-47-45-43-28-26-24-22-20-18-16-14-12-10-8-6-4-2)72-104-88-84(102)81(99)86(76(70-93)106-88)109-90-85(103)82(100)87(77(71-94)107-90)108-89-83(101)80(98)79(97)75(69-92)105-89/h15,17,21,23,57,59,65,67,73-77,79-90,92-95,97-103H,3-14,16,18-20,22,24-56,58,60-64,66,68-72H2,1-2H3,(H,91,96)/b17-15-,23-21-,59-57+,67-65+. The second kappa shape index (κ2) is 70.0. The van der Waals surface area contributed by atoms with Gasteiger partial charge < -0.3 is 89.9 Å². The highest BCUT2D eigenvalue weighted by Gasteiger charge is 2.54. The second-order valence-corrected chi connectivity index (χ2v) is 32.4. The van der Waals surface area contributed by atoms with Crippen molar-refractivity contribution in [1.29, 1.82) is 0 Å². The van der Waals surface area contributed by atoms with E-state index in [4.69, 9.17) is 28.4 Å². The highest BCUT2D eigenvalue weighted by Crippen LogP contribution is 2.34. The summed E-state index contributed by atoms with van der Waals surface area (Å²) in [6.45, 7) is 1.77. The molecule has 0 aromatic rings. The first kappa shape index (κ1) is 101. The molecule has 0 aromatic heterocycles. The third-order valence-corrected chi connectivity index (χ3v) is 22.6. The lowest BCUT2D eigenvalue weighted by molar-refractivity contribution is -0.379. The van der Waals surface area contributed by atoms with E-state index in [9.17, 15) is 61.0 Å². The maximum Gasteiger partial charge on any atom is 0.220 e. The third kappa shape index (κ3) is 48.8. The largest absolute Gasteiger partial charge is 0.394 e. The summed E-state index contributed by atoms with van der Waals surface area (Å²) in [7, 11) is 0. The van der Waals surface area contributed by atoms with Gasteiger partial charge in [-0.1, -0.05) is 364 Å². The quantitative estimate of drug-likeness (QED) is 0.0199. The lowest BCUT2D eigenvalue weighted by Gasteiger charge is -2.48. The summed E-state index contributed by atoms with van der Waals surface area (Å²) in [5, 5.41) is 121. The highest BCUT2D eigenvalue weighted by molar-refractivity contribution is 5.76. The number of carbonyl (C=O) groups is 1. The van der Waals surface area contributed by atoms with E-state index in [0.29, 0.717) is 12.8 Å². The molecule has 0 spiro atoms. The fraction of sp³-hybridized carbons (Fsp3) is 0.900. The average Bonchev–Trinajstić information content (AvgIpc) is 0.759. The van der Waals surface area contributed by atoms with Gasteiger partial charge in [-0.25, -0.2) is 0 Å². The minimum atomic E-state index is -1.98. The Labute approximate surface area is 663 Å². The van der Waals surface area contributed by atoms with Crippen LogP contribution in [0.5, 0.6) is 0 Å². The summed E-state index contributed by atoms with van der Waals surface area (Å²) < 4.78 is 34.5. The van der Waals surface area contributed by atoms with Gasteiger partial charge in [-0.3, -0.25) is 4.79 Å². The number of rotatable bonds is 74. The molecular weight excluding hydrogens is 1380 g/mol. The number of hydrogen-bond acceptors (Lipinski definition) is 18. The van der Waals surface area contributed by atoms with Crippen LogP contribution in [0.25, 0.3) is 0 Å². The Morgan fingerprint density at radius 2 is 0.615 bits per heavy atom. The summed E-state index contributed by atoms with van der Waals surface area (Å²) in [5.41, 5.74) is 0. The molecule has 3 heterocycles. The fourth-order valence-electron chi connectivity index (χ4n) is 15.4. The zero-order valence-electron chi connectivity index (χ0n) is 69.1. The van der Waals surface area contributed by atoms with Crippen molar-refractivity contribution in [2.24, 2.45) is 0 Å². The predicted molar refractivity (Wildman–Crippen MR) is 439 cm³/mol. The van der Waals surface area contributed by atoms with E-state index >= 15 is 0 Å². The van der Waals surface area contributed by atoms with Gasteiger partial charge in [-0.15, -0.1) is 0 Å². The Hall–Kier alpha value is -2.25. The molecule has 0 radical (unpaired) electrons. The molecule has 0 bridgehead atoms. The molecule has 17 atom stereocenters. The smallest absolute Gasteiger partial charge is 0.220 e. The van der Waals surface area contributed by atoms with E-state index in [1.165, 1.54) is 308 Å². The number of ether oxygens (including phenoxy) is 6. The number of amides is 1. The van der Waals surface area contributed by atoms with Crippen molar-refractivity contribution in [1.82, 2.24) is 5.32 Å². The number of aliphatic hydroxyl groups excluding tert-OH is 11. The lowest BCUT2D eigenvalue weighted by atomic mass is 9.96. The molecule has 3 fully saturated rings. The number of aliphatic hydroxyl groups is 11. The molecule has 17 unspecified atom stereocenters. The van der Waals surface area contributed by atoms with E-state index in [1.54, 1.807) is 6.08 Å². The monoisotopic (exact) mass is 1550 g/mol. The summed E-state index contributed by atoms with van der Waals surface area (Å²) >= 11 is 0. The number of allylic oxidation sites excluding steroid dienone is 7. The van der Waals surface area contributed by atoms with Gasteiger partial charge in [-0.05, 0) is 64.2 Å². The van der Waals surface area contributed by atoms with Crippen LogP contribution in [0, 0.1) is 0 Å². The molecule has 3 aliphatic heterocycles. The van der Waals surface area contributed by atoms with Crippen molar-refractivity contribution in [3.63, 3.8) is 0 Å². The number of hydrogen-bond donors (Lipinski definition) is 12. The van der Waals surface area contributed by atoms with Crippen molar-refractivity contribution in [2.45, 2.75) is 491 Å². The van der Waals surface area contributed by atoms with Gasteiger partial charge in [0.1, 0.15) is 73.2 Å². The molecular formula is C90H167NO18. The van der Waals surface area contributed by atoms with Gasteiger partial charge in [0.05, 0.1) is 38.6 Å².